The summed E-state index contributed by atoms with van der Waals surface area (Å²) >= 11 is 0. The van der Waals surface area contributed by atoms with Crippen LogP contribution in [-0.4, -0.2) is 17.3 Å². The van der Waals surface area contributed by atoms with E-state index in [0.29, 0.717) is 5.75 Å². The second-order valence-corrected chi connectivity index (χ2v) is 2.72. The molecule has 1 heterocycles. The molecule has 72 valence electrons. The highest BCUT2D eigenvalue weighted by Gasteiger charge is 1.98. The number of methoxy groups -OCH3 is 1. The number of nitrogens with one attached hydrogen (secondary N) is 1. The summed E-state index contributed by atoms with van der Waals surface area (Å²) in [7, 11) is 1.62. The molecule has 0 fully saturated rings. The van der Waals surface area contributed by atoms with Crippen molar-refractivity contribution in [2.45, 2.75) is 0 Å². The van der Waals surface area contributed by atoms with Gasteiger partial charge >= 0.3 is 0 Å². The third-order valence-electron chi connectivity index (χ3n) is 1.75. The van der Waals surface area contributed by atoms with Gasteiger partial charge < -0.3 is 9.47 Å². The number of aromatic nitrogens is 2. The Labute approximate surface area is 81.5 Å². The maximum absolute atomic E-state index is 5.49. The van der Waals surface area contributed by atoms with Gasteiger partial charge in [0, 0.05) is 6.07 Å². The number of hydrogen-bond donors (Lipinski definition) is 1. The van der Waals surface area contributed by atoms with E-state index in [-0.39, 0.29) is 0 Å². The molecule has 2 rings (SSSR count). The summed E-state index contributed by atoms with van der Waals surface area (Å²) in [6, 6.07) is 7.40. The summed E-state index contributed by atoms with van der Waals surface area (Å²) in [5.41, 5.74) is 0. The second-order valence-electron chi connectivity index (χ2n) is 2.72. The van der Waals surface area contributed by atoms with Crippen LogP contribution in [0.1, 0.15) is 0 Å². The quantitative estimate of drug-likeness (QED) is 0.807. The van der Waals surface area contributed by atoms with Crippen LogP contribution >= 0.6 is 0 Å². The summed E-state index contributed by atoms with van der Waals surface area (Å²) < 4.78 is 10.6. The molecule has 2 aromatic rings. The Bertz CT molecular complexity index is 398. The highest BCUT2D eigenvalue weighted by atomic mass is 16.5. The Morgan fingerprint density at radius 3 is 2.79 bits per heavy atom. The van der Waals surface area contributed by atoms with E-state index in [1.165, 1.54) is 0 Å². The SMILES string of the molecule is COc1cccc(Oc2cn[nH]c2)c1. The lowest BCUT2D eigenvalue weighted by molar-refractivity contribution is 0.409. The minimum Gasteiger partial charge on any atom is -0.497 e. The third kappa shape index (κ3) is 1.85. The summed E-state index contributed by atoms with van der Waals surface area (Å²) in [5.74, 6) is 2.18. The predicted octanol–water partition coefficient (Wildman–Crippen LogP) is 2.21. The van der Waals surface area contributed by atoms with Gasteiger partial charge in [-0.1, -0.05) is 6.07 Å². The molecule has 0 saturated carbocycles. The molecule has 0 saturated heterocycles. The molecular formula is C10H10N2O2. The van der Waals surface area contributed by atoms with Crippen LogP contribution in [0.4, 0.5) is 0 Å². The Kier molecular flexibility index (Phi) is 2.36. The number of hydrogen-bond acceptors (Lipinski definition) is 3. The number of rotatable bonds is 3. The van der Waals surface area contributed by atoms with Gasteiger partial charge in [0.2, 0.25) is 0 Å². The molecule has 0 unspecified atom stereocenters. The predicted molar refractivity (Wildman–Crippen MR) is 51.7 cm³/mol. The van der Waals surface area contributed by atoms with Crippen molar-refractivity contribution in [1.82, 2.24) is 10.2 Å². The van der Waals surface area contributed by atoms with Crippen LogP contribution in [0, 0.1) is 0 Å². The normalized spacial score (nSPS) is 9.79. The van der Waals surface area contributed by atoms with E-state index in [0.717, 1.165) is 11.5 Å². The zero-order chi connectivity index (χ0) is 9.80. The topological polar surface area (TPSA) is 47.1 Å². The highest BCUT2D eigenvalue weighted by Crippen LogP contribution is 2.23. The molecule has 1 aromatic heterocycles. The largest absolute Gasteiger partial charge is 0.497 e. The zero-order valence-electron chi connectivity index (χ0n) is 7.73. The molecule has 1 aromatic carbocycles. The van der Waals surface area contributed by atoms with Crippen LogP contribution in [0.5, 0.6) is 17.2 Å². The molecule has 0 aliphatic carbocycles. The van der Waals surface area contributed by atoms with Gasteiger partial charge in [0.25, 0.3) is 0 Å². The average molecular weight is 190 g/mol. The number of nitrogens with zero attached hydrogens (tertiary/aromatic N) is 1. The average Bonchev–Trinajstić information content (AvgIpc) is 2.71. The van der Waals surface area contributed by atoms with Crippen molar-refractivity contribution >= 4 is 0 Å². The van der Waals surface area contributed by atoms with E-state index in [9.17, 15) is 0 Å². The van der Waals surface area contributed by atoms with Gasteiger partial charge in [-0.05, 0) is 12.1 Å². The van der Waals surface area contributed by atoms with Gasteiger partial charge in [-0.2, -0.15) is 5.10 Å². The first kappa shape index (κ1) is 8.62. The molecule has 0 bridgehead atoms. The van der Waals surface area contributed by atoms with Crippen LogP contribution < -0.4 is 9.47 Å². The van der Waals surface area contributed by atoms with E-state index in [1.54, 1.807) is 19.5 Å². The zero-order valence-corrected chi connectivity index (χ0v) is 7.73. The van der Waals surface area contributed by atoms with Crippen molar-refractivity contribution in [1.29, 1.82) is 0 Å². The summed E-state index contributed by atoms with van der Waals surface area (Å²) in [4.78, 5) is 0. The first-order valence-electron chi connectivity index (χ1n) is 4.19. The fourth-order valence-electron chi connectivity index (χ4n) is 1.10. The Balaban J connectivity index is 2.17. The van der Waals surface area contributed by atoms with E-state index >= 15 is 0 Å². The van der Waals surface area contributed by atoms with Crippen molar-refractivity contribution in [2.24, 2.45) is 0 Å². The fraction of sp³-hybridized carbons (Fsp3) is 0.100. The number of aromatic amines is 1. The van der Waals surface area contributed by atoms with Crippen LogP contribution in [0.25, 0.3) is 0 Å². The molecule has 0 aliphatic heterocycles. The maximum Gasteiger partial charge on any atom is 0.165 e. The lowest BCUT2D eigenvalue weighted by Gasteiger charge is -2.04. The van der Waals surface area contributed by atoms with E-state index in [1.807, 2.05) is 24.3 Å². The van der Waals surface area contributed by atoms with Gasteiger partial charge in [0.05, 0.1) is 19.5 Å². The third-order valence-corrected chi connectivity index (χ3v) is 1.75. The fourth-order valence-corrected chi connectivity index (χ4v) is 1.10. The molecule has 0 atom stereocenters. The molecule has 4 heteroatoms. The van der Waals surface area contributed by atoms with Gasteiger partial charge in [0.15, 0.2) is 5.75 Å². The molecule has 14 heavy (non-hydrogen) atoms. The molecule has 1 N–H and O–H groups in total. The maximum atomic E-state index is 5.49. The Morgan fingerprint density at radius 1 is 1.21 bits per heavy atom. The van der Waals surface area contributed by atoms with Gasteiger partial charge in [-0.3, -0.25) is 5.10 Å². The summed E-state index contributed by atoms with van der Waals surface area (Å²) in [5, 5.41) is 6.45. The van der Waals surface area contributed by atoms with Crippen LogP contribution in [0.2, 0.25) is 0 Å². The first-order chi connectivity index (χ1) is 6.88. The van der Waals surface area contributed by atoms with Crippen LogP contribution in [0.15, 0.2) is 36.7 Å². The number of benzene rings is 1. The highest BCUT2D eigenvalue weighted by molar-refractivity contribution is 5.35. The van der Waals surface area contributed by atoms with Crippen molar-refractivity contribution in [3.05, 3.63) is 36.7 Å². The van der Waals surface area contributed by atoms with Crippen molar-refractivity contribution in [2.75, 3.05) is 7.11 Å². The number of H-pyrrole nitrogens is 1. The Morgan fingerprint density at radius 2 is 2.07 bits per heavy atom. The van der Waals surface area contributed by atoms with Gasteiger partial charge in [-0.15, -0.1) is 0 Å². The molecule has 4 nitrogen and oxygen atoms in total. The molecule has 0 aliphatic rings. The van der Waals surface area contributed by atoms with E-state index in [4.69, 9.17) is 9.47 Å². The molecule has 0 spiro atoms. The Hall–Kier alpha value is -1.97. The van der Waals surface area contributed by atoms with Crippen molar-refractivity contribution in [3.8, 4) is 17.2 Å². The van der Waals surface area contributed by atoms with Crippen molar-refractivity contribution < 1.29 is 9.47 Å². The molecule has 0 radical (unpaired) electrons. The minimum absolute atomic E-state index is 0.679. The minimum atomic E-state index is 0.679. The second kappa shape index (κ2) is 3.83. The monoisotopic (exact) mass is 190 g/mol. The lowest BCUT2D eigenvalue weighted by Crippen LogP contribution is -1.85. The summed E-state index contributed by atoms with van der Waals surface area (Å²) in [6.07, 6.45) is 3.29. The standard InChI is InChI=1S/C10H10N2O2/c1-13-8-3-2-4-9(5-8)14-10-6-11-12-7-10/h2-7H,1H3,(H,11,12). The lowest BCUT2D eigenvalue weighted by atomic mass is 10.3. The number of ether oxygens (including phenoxy) is 2. The van der Waals surface area contributed by atoms with E-state index < -0.39 is 0 Å². The van der Waals surface area contributed by atoms with E-state index in [2.05, 4.69) is 10.2 Å². The van der Waals surface area contributed by atoms with Crippen molar-refractivity contribution in [3.63, 3.8) is 0 Å². The van der Waals surface area contributed by atoms with Crippen LogP contribution in [-0.2, 0) is 0 Å². The molecule has 0 amide bonds. The smallest absolute Gasteiger partial charge is 0.165 e. The summed E-state index contributed by atoms with van der Waals surface area (Å²) in [6.45, 7) is 0. The van der Waals surface area contributed by atoms with Gasteiger partial charge in [0.1, 0.15) is 11.5 Å². The first-order valence-corrected chi connectivity index (χ1v) is 4.19. The molecular weight excluding hydrogens is 180 g/mol. The van der Waals surface area contributed by atoms with Crippen LogP contribution in [0.3, 0.4) is 0 Å². The van der Waals surface area contributed by atoms with Gasteiger partial charge in [-0.25, -0.2) is 0 Å².